The van der Waals surface area contributed by atoms with Gasteiger partial charge in [0.2, 0.25) is 0 Å². The first-order valence-corrected chi connectivity index (χ1v) is 3.10. The molecule has 0 heterocycles. The van der Waals surface area contributed by atoms with Gasteiger partial charge in [-0.3, -0.25) is 0 Å². The van der Waals surface area contributed by atoms with Gasteiger partial charge in [0.1, 0.15) is 0 Å². The van der Waals surface area contributed by atoms with Crippen LogP contribution in [0.15, 0.2) is 0 Å². The molecule has 0 atom stereocenters. The summed E-state index contributed by atoms with van der Waals surface area (Å²) in [5.74, 6) is 0. The van der Waals surface area contributed by atoms with Crippen LogP contribution in [-0.2, 0) is 0 Å². The van der Waals surface area contributed by atoms with Gasteiger partial charge in [0.25, 0.3) is 0 Å². The topological polar surface area (TPSA) is 369 Å². The van der Waals surface area contributed by atoms with Crippen molar-refractivity contribution in [1.29, 1.82) is 0 Å². The Hall–Kier alpha value is -0.380. The summed E-state index contributed by atoms with van der Waals surface area (Å²) in [6.45, 7) is 0. The molecule has 0 saturated carbocycles. The predicted octanol–water partition coefficient (Wildman–Crippen LogP) is -11.5. The van der Waals surface area contributed by atoms with Crippen molar-refractivity contribution in [2.45, 2.75) is 0 Å². The van der Waals surface area contributed by atoms with E-state index < -0.39 is 29.3 Å². The monoisotopic (exact) mass is 320 g/mol. The molecule has 0 aliphatic heterocycles. The maximum Gasteiger partial charge on any atom is 0.631 e. The molecule has 20 heavy (non-hydrogen) atoms. The first-order chi connectivity index (χ1) is 6.93. The number of rotatable bonds is 0. The van der Waals surface area contributed by atoms with Crippen LogP contribution in [0.4, 0.5) is 0 Å². The van der Waals surface area contributed by atoms with Crippen molar-refractivity contribution < 1.29 is 82.2 Å². The molecule has 0 saturated heterocycles. The van der Waals surface area contributed by atoms with E-state index in [0.717, 1.165) is 0 Å². The molecular formula is H20B4O16. The third-order valence-electron chi connectivity index (χ3n) is 0. The van der Waals surface area contributed by atoms with Crippen molar-refractivity contribution in [3.63, 3.8) is 0 Å². The molecule has 20 N–H and O–H groups in total. The predicted molar refractivity (Wildman–Crippen MR) is 64.1 cm³/mol. The zero-order valence-corrected chi connectivity index (χ0v) is 9.68. The van der Waals surface area contributed by atoms with Crippen LogP contribution in [0.5, 0.6) is 0 Å². The second-order valence-electron chi connectivity index (χ2n) is 1.39. The van der Waals surface area contributed by atoms with Crippen LogP contribution in [-0.4, -0.2) is 111 Å². The largest absolute Gasteiger partial charge is 0.631 e. The summed E-state index contributed by atoms with van der Waals surface area (Å²) in [6, 6.07) is 0. The summed E-state index contributed by atoms with van der Waals surface area (Å²) in [4.78, 5) is 0. The van der Waals surface area contributed by atoms with E-state index in [1.807, 2.05) is 0 Å². The maximum atomic E-state index is 7.17. The fraction of sp³-hybridized carbons (Fsp3) is 0. The highest BCUT2D eigenvalue weighted by atomic mass is 16.5. The first kappa shape index (κ1) is 50.4. The molecule has 16 nitrogen and oxygen atoms in total. The average molecular weight is 319 g/mol. The third kappa shape index (κ3) is 33700. The van der Waals surface area contributed by atoms with Gasteiger partial charge < -0.3 is 82.2 Å². The highest BCUT2D eigenvalue weighted by Gasteiger charge is 1.93. The number of hydrogen-bond donors (Lipinski definition) is 12. The molecule has 0 aromatic heterocycles. The van der Waals surface area contributed by atoms with Crippen molar-refractivity contribution in [1.82, 2.24) is 0 Å². The van der Waals surface area contributed by atoms with Gasteiger partial charge in [-0.25, -0.2) is 0 Å². The maximum absolute atomic E-state index is 7.17. The molecule has 0 fully saturated rings. The van der Waals surface area contributed by atoms with Gasteiger partial charge in [-0.1, -0.05) is 0 Å². The van der Waals surface area contributed by atoms with Gasteiger partial charge in [0.15, 0.2) is 0 Å². The van der Waals surface area contributed by atoms with Gasteiger partial charge in [0.05, 0.1) is 0 Å². The van der Waals surface area contributed by atoms with Gasteiger partial charge in [0, 0.05) is 0 Å². The minimum atomic E-state index is -2.17. The highest BCUT2D eigenvalue weighted by molar-refractivity contribution is 6.31. The zero-order valence-electron chi connectivity index (χ0n) is 9.68. The molecule has 0 spiro atoms. The second kappa shape index (κ2) is 42.8. The molecule has 0 aromatic carbocycles. The minimum absolute atomic E-state index is 0. The Kier molecular flexibility index (Phi) is 108. The van der Waals surface area contributed by atoms with E-state index in [1.54, 1.807) is 0 Å². The molecule has 0 amide bonds. The molecule has 0 radical (unpaired) electrons. The number of hydrogen-bond acceptors (Lipinski definition) is 12. The minimum Gasteiger partial charge on any atom is -0.412 e. The Morgan fingerprint density at radius 3 is 0.250 bits per heavy atom. The summed E-state index contributed by atoms with van der Waals surface area (Å²) in [6.07, 6.45) is 0. The summed E-state index contributed by atoms with van der Waals surface area (Å²) in [5.41, 5.74) is 0. The van der Waals surface area contributed by atoms with Crippen molar-refractivity contribution in [2.75, 3.05) is 0 Å². The van der Waals surface area contributed by atoms with E-state index in [9.17, 15) is 0 Å². The lowest BCUT2D eigenvalue weighted by molar-refractivity contribution is 0.276. The lowest BCUT2D eigenvalue weighted by atomic mass is 10.3. The van der Waals surface area contributed by atoms with E-state index >= 15 is 0 Å². The van der Waals surface area contributed by atoms with E-state index in [0.29, 0.717) is 0 Å². The molecule has 0 aliphatic carbocycles. The zero-order chi connectivity index (χ0) is 14.3. The molecular weight excluding hydrogens is 299 g/mol. The van der Waals surface area contributed by atoms with Crippen molar-refractivity contribution in [3.05, 3.63) is 0 Å². The van der Waals surface area contributed by atoms with Crippen LogP contribution in [0.2, 0.25) is 0 Å². The Balaban J connectivity index is -0.0000000150. The van der Waals surface area contributed by atoms with Crippen LogP contribution in [0.3, 0.4) is 0 Å². The summed E-state index contributed by atoms with van der Waals surface area (Å²) in [5, 5.41) is 86.0. The normalized spacial score (nSPS) is 5.40. The van der Waals surface area contributed by atoms with E-state index in [-0.39, 0.29) is 21.9 Å². The van der Waals surface area contributed by atoms with Crippen LogP contribution in [0.1, 0.15) is 0 Å². The van der Waals surface area contributed by atoms with Gasteiger partial charge in [-0.2, -0.15) is 0 Å². The summed E-state index contributed by atoms with van der Waals surface area (Å²) < 4.78 is 0. The van der Waals surface area contributed by atoms with Crippen LogP contribution in [0, 0.1) is 0 Å². The van der Waals surface area contributed by atoms with Crippen LogP contribution >= 0.6 is 0 Å². The SMILES string of the molecule is O.O.O.O.OB(O)O.OB(O)O.OB(O)O.OB(O)O. The first-order valence-electron chi connectivity index (χ1n) is 3.10. The van der Waals surface area contributed by atoms with Crippen LogP contribution in [0.25, 0.3) is 0 Å². The van der Waals surface area contributed by atoms with E-state index in [2.05, 4.69) is 0 Å². The lowest BCUT2D eigenvalue weighted by Crippen LogP contribution is -2.07. The molecule has 0 bridgehead atoms. The fourth-order valence-corrected chi connectivity index (χ4v) is 0. The molecule has 128 valence electrons. The Morgan fingerprint density at radius 1 is 0.250 bits per heavy atom. The quantitative estimate of drug-likeness (QED) is 0.185. The van der Waals surface area contributed by atoms with Crippen LogP contribution < -0.4 is 0 Å². The third-order valence-corrected chi connectivity index (χ3v) is 0. The summed E-state index contributed by atoms with van der Waals surface area (Å²) in [7, 11) is -8.67. The van der Waals surface area contributed by atoms with Gasteiger partial charge in [-0.05, 0) is 0 Å². The van der Waals surface area contributed by atoms with Crippen molar-refractivity contribution in [2.24, 2.45) is 0 Å². The molecule has 0 rings (SSSR count). The second-order valence-corrected chi connectivity index (χ2v) is 1.39. The Labute approximate surface area is 113 Å². The standard InChI is InChI=1S/4BH3O3.4H2O/c4*2-1(3)4;;;;/h4*2-4H;4*1H2. The van der Waals surface area contributed by atoms with Crippen molar-refractivity contribution in [3.8, 4) is 0 Å². The Bertz CT molecular complexity index is 57.5. The highest BCUT2D eigenvalue weighted by Crippen LogP contribution is 1.41. The molecule has 20 heteroatoms. The molecule has 0 aliphatic rings. The van der Waals surface area contributed by atoms with Crippen molar-refractivity contribution >= 4 is 29.3 Å². The average Bonchev–Trinajstić information content (AvgIpc) is 1.76. The van der Waals surface area contributed by atoms with Gasteiger partial charge in [-0.15, -0.1) is 0 Å². The summed E-state index contributed by atoms with van der Waals surface area (Å²) >= 11 is 0. The molecule has 0 aromatic rings. The lowest BCUT2D eigenvalue weighted by Gasteiger charge is -1.69. The van der Waals surface area contributed by atoms with Gasteiger partial charge >= 0.3 is 29.3 Å². The molecule has 0 unspecified atom stereocenters. The Morgan fingerprint density at radius 2 is 0.250 bits per heavy atom. The smallest absolute Gasteiger partial charge is 0.412 e. The van der Waals surface area contributed by atoms with E-state index in [4.69, 9.17) is 60.3 Å². The van der Waals surface area contributed by atoms with E-state index in [1.165, 1.54) is 0 Å². The fourth-order valence-electron chi connectivity index (χ4n) is 0.